The molecule has 0 atom stereocenters. The third-order valence-corrected chi connectivity index (χ3v) is 5.17. The highest BCUT2D eigenvalue weighted by molar-refractivity contribution is 9.10. The summed E-state index contributed by atoms with van der Waals surface area (Å²) in [5.74, 6) is -0.0886. The third kappa shape index (κ3) is 7.40. The van der Waals surface area contributed by atoms with Crippen LogP contribution in [0.1, 0.15) is 40.1 Å². The molecule has 3 N–H and O–H groups in total. The highest BCUT2D eigenvalue weighted by Crippen LogP contribution is 2.24. The van der Waals surface area contributed by atoms with Crippen LogP contribution < -0.4 is 20.7 Å². The zero-order valence-corrected chi connectivity index (χ0v) is 20.6. The summed E-state index contributed by atoms with van der Waals surface area (Å²) in [6.45, 7) is 4.23. The number of ether oxygens (including phenoxy) is 1. The minimum atomic E-state index is -0.388. The van der Waals surface area contributed by atoms with E-state index in [1.807, 2.05) is 50.2 Å². The van der Waals surface area contributed by atoms with Crippen LogP contribution in [0.4, 0.5) is 5.69 Å². The van der Waals surface area contributed by atoms with Crippen molar-refractivity contribution in [3.63, 3.8) is 0 Å². The Hall–Kier alpha value is -3.23. The Morgan fingerprint density at radius 2 is 1.67 bits per heavy atom. The second-order valence-corrected chi connectivity index (χ2v) is 8.78. The van der Waals surface area contributed by atoms with Gasteiger partial charge in [-0.25, -0.2) is 0 Å². The van der Waals surface area contributed by atoms with E-state index < -0.39 is 0 Å². The van der Waals surface area contributed by atoms with Crippen molar-refractivity contribution in [2.75, 3.05) is 5.32 Å². The van der Waals surface area contributed by atoms with E-state index in [1.165, 1.54) is 0 Å². The van der Waals surface area contributed by atoms with Gasteiger partial charge in [0.05, 0.1) is 11.7 Å². The maximum absolute atomic E-state index is 12.7. The molecule has 0 aliphatic rings. The number of thiocarbonyl (C=S) groups is 1. The molecule has 33 heavy (non-hydrogen) atoms. The molecule has 2 amide bonds. The van der Waals surface area contributed by atoms with Crippen molar-refractivity contribution in [2.24, 2.45) is 0 Å². The quantitative estimate of drug-likeness (QED) is 0.365. The maximum Gasteiger partial charge on any atom is 0.261 e. The summed E-state index contributed by atoms with van der Waals surface area (Å²) in [6.07, 6.45) is -0.0776. The lowest BCUT2D eigenvalue weighted by atomic mass is 10.1. The fourth-order valence-corrected chi connectivity index (χ4v) is 3.53. The predicted octanol–water partition coefficient (Wildman–Crippen LogP) is 5.29. The number of amides is 2. The number of carbonyl (C=O) groups excluding carboxylic acids is 2. The van der Waals surface area contributed by atoms with Crippen LogP contribution in [0.25, 0.3) is 0 Å². The molecule has 0 spiro atoms. The minimum absolute atomic E-state index is 0.0776. The van der Waals surface area contributed by atoms with Crippen LogP contribution in [0.5, 0.6) is 5.75 Å². The van der Waals surface area contributed by atoms with E-state index in [-0.39, 0.29) is 23.0 Å². The summed E-state index contributed by atoms with van der Waals surface area (Å²) in [4.78, 5) is 25.1. The van der Waals surface area contributed by atoms with Gasteiger partial charge in [-0.3, -0.25) is 14.9 Å². The van der Waals surface area contributed by atoms with Crippen LogP contribution in [-0.2, 0) is 6.54 Å². The van der Waals surface area contributed by atoms with E-state index in [9.17, 15) is 9.59 Å². The molecule has 3 aromatic rings. The van der Waals surface area contributed by atoms with Gasteiger partial charge in [0, 0.05) is 22.3 Å². The Morgan fingerprint density at radius 3 is 2.33 bits per heavy atom. The lowest BCUT2D eigenvalue weighted by molar-refractivity contribution is 0.0948. The Balaban J connectivity index is 1.57. The van der Waals surface area contributed by atoms with Crippen LogP contribution in [0, 0.1) is 0 Å². The number of nitrogens with one attached hydrogen (secondary N) is 3. The van der Waals surface area contributed by atoms with Gasteiger partial charge in [-0.05, 0) is 74.1 Å². The molecule has 0 saturated heterocycles. The van der Waals surface area contributed by atoms with Gasteiger partial charge in [-0.1, -0.05) is 46.3 Å². The summed E-state index contributed by atoms with van der Waals surface area (Å²) in [7, 11) is 0. The zero-order chi connectivity index (χ0) is 23.8. The van der Waals surface area contributed by atoms with E-state index in [2.05, 4.69) is 31.9 Å². The van der Waals surface area contributed by atoms with Gasteiger partial charge in [-0.15, -0.1) is 0 Å². The van der Waals surface area contributed by atoms with Crippen LogP contribution in [0.3, 0.4) is 0 Å². The molecule has 0 unspecified atom stereocenters. The Kier molecular flexibility index (Phi) is 8.57. The van der Waals surface area contributed by atoms with E-state index in [0.29, 0.717) is 29.1 Å². The monoisotopic (exact) mass is 525 g/mol. The Labute approximate surface area is 206 Å². The highest BCUT2D eigenvalue weighted by Gasteiger charge is 2.16. The number of anilines is 1. The molecule has 170 valence electrons. The van der Waals surface area contributed by atoms with Crippen LogP contribution in [0.15, 0.2) is 77.3 Å². The second-order valence-electron chi connectivity index (χ2n) is 7.46. The van der Waals surface area contributed by atoms with Crippen molar-refractivity contribution >= 4 is 50.8 Å². The first kappa shape index (κ1) is 24.4. The van der Waals surface area contributed by atoms with Crippen LogP contribution in [-0.4, -0.2) is 23.0 Å². The van der Waals surface area contributed by atoms with Crippen molar-refractivity contribution in [3.8, 4) is 5.75 Å². The lowest BCUT2D eigenvalue weighted by Gasteiger charge is -2.15. The molecule has 8 heteroatoms. The normalized spacial score (nSPS) is 10.4. The largest absolute Gasteiger partial charge is 0.490 e. The second kappa shape index (κ2) is 11.6. The van der Waals surface area contributed by atoms with Gasteiger partial charge in [0.25, 0.3) is 11.8 Å². The summed E-state index contributed by atoms with van der Waals surface area (Å²) in [6, 6.07) is 21.7. The molecule has 6 nitrogen and oxygen atoms in total. The number of rotatable bonds is 7. The molecule has 3 rings (SSSR count). The SMILES string of the molecule is CC(C)Oc1ccc(Br)cc1C(=O)NC(=S)Nc1ccc(C(=O)NCc2ccccc2)cc1. The lowest BCUT2D eigenvalue weighted by Crippen LogP contribution is -2.34. The first-order valence-corrected chi connectivity index (χ1v) is 11.5. The van der Waals surface area contributed by atoms with Crippen molar-refractivity contribution in [2.45, 2.75) is 26.5 Å². The molecular weight excluding hydrogens is 502 g/mol. The smallest absolute Gasteiger partial charge is 0.261 e. The van der Waals surface area contributed by atoms with Gasteiger partial charge in [0.1, 0.15) is 5.75 Å². The van der Waals surface area contributed by atoms with Crippen molar-refractivity contribution in [1.29, 1.82) is 0 Å². The molecule has 0 radical (unpaired) electrons. The molecular formula is C25H24BrN3O3S. The number of hydrogen-bond acceptors (Lipinski definition) is 4. The molecule has 3 aromatic carbocycles. The molecule has 0 aliphatic carbocycles. The fraction of sp³-hybridized carbons (Fsp3) is 0.160. The highest BCUT2D eigenvalue weighted by atomic mass is 79.9. The fourth-order valence-electron chi connectivity index (χ4n) is 2.95. The van der Waals surface area contributed by atoms with Crippen molar-refractivity contribution < 1.29 is 14.3 Å². The van der Waals surface area contributed by atoms with E-state index in [1.54, 1.807) is 36.4 Å². The average molecular weight is 526 g/mol. The van der Waals surface area contributed by atoms with Gasteiger partial charge >= 0.3 is 0 Å². The third-order valence-electron chi connectivity index (χ3n) is 4.48. The Bertz CT molecular complexity index is 1140. The summed E-state index contributed by atoms with van der Waals surface area (Å²) in [5, 5.41) is 8.64. The van der Waals surface area contributed by atoms with Gasteiger partial charge < -0.3 is 15.4 Å². The average Bonchev–Trinajstić information content (AvgIpc) is 2.79. The molecule has 0 bridgehead atoms. The topological polar surface area (TPSA) is 79.5 Å². The zero-order valence-electron chi connectivity index (χ0n) is 18.2. The molecule has 0 aromatic heterocycles. The van der Waals surface area contributed by atoms with E-state index >= 15 is 0 Å². The maximum atomic E-state index is 12.7. The number of hydrogen-bond donors (Lipinski definition) is 3. The molecule has 0 fully saturated rings. The van der Waals surface area contributed by atoms with Gasteiger partial charge in [0.15, 0.2) is 5.11 Å². The van der Waals surface area contributed by atoms with Gasteiger partial charge in [0.2, 0.25) is 0 Å². The first-order chi connectivity index (χ1) is 15.8. The number of benzene rings is 3. The molecule has 0 heterocycles. The summed E-state index contributed by atoms with van der Waals surface area (Å²) < 4.78 is 6.48. The summed E-state index contributed by atoms with van der Waals surface area (Å²) in [5.41, 5.74) is 2.56. The standard InChI is InChI=1S/C25H24BrN3O3S/c1-16(2)32-22-13-10-19(26)14-21(22)24(31)29-25(33)28-20-11-8-18(9-12-20)23(30)27-15-17-6-4-3-5-7-17/h3-14,16H,15H2,1-2H3,(H,27,30)(H2,28,29,31,33). The van der Waals surface area contributed by atoms with Crippen molar-refractivity contribution in [3.05, 3.63) is 94.0 Å². The molecule has 0 aliphatic heterocycles. The van der Waals surface area contributed by atoms with Crippen LogP contribution >= 0.6 is 28.1 Å². The van der Waals surface area contributed by atoms with Crippen LogP contribution in [0.2, 0.25) is 0 Å². The number of carbonyl (C=O) groups is 2. The minimum Gasteiger partial charge on any atom is -0.490 e. The first-order valence-electron chi connectivity index (χ1n) is 10.3. The Morgan fingerprint density at radius 1 is 0.970 bits per heavy atom. The van der Waals surface area contributed by atoms with Crippen molar-refractivity contribution in [1.82, 2.24) is 10.6 Å². The molecule has 0 saturated carbocycles. The number of halogens is 1. The van der Waals surface area contributed by atoms with E-state index in [4.69, 9.17) is 17.0 Å². The van der Waals surface area contributed by atoms with E-state index in [0.717, 1.165) is 10.0 Å². The predicted molar refractivity (Wildman–Crippen MR) is 138 cm³/mol. The van der Waals surface area contributed by atoms with Gasteiger partial charge in [-0.2, -0.15) is 0 Å². The summed E-state index contributed by atoms with van der Waals surface area (Å²) >= 11 is 8.66.